The van der Waals surface area contributed by atoms with E-state index in [9.17, 15) is 9.59 Å². The molecule has 0 radical (unpaired) electrons. The second kappa shape index (κ2) is 6.43. The van der Waals surface area contributed by atoms with Gasteiger partial charge in [-0.25, -0.2) is 4.79 Å². The maximum atomic E-state index is 12.5. The molecule has 21 heavy (non-hydrogen) atoms. The van der Waals surface area contributed by atoms with Gasteiger partial charge in [0.05, 0.1) is 24.9 Å². The third kappa shape index (κ3) is 3.18. The van der Waals surface area contributed by atoms with Crippen LogP contribution >= 0.6 is 0 Å². The molecule has 1 heterocycles. The minimum atomic E-state index is -0.399. The van der Waals surface area contributed by atoms with Gasteiger partial charge in [-0.3, -0.25) is 9.69 Å². The van der Waals surface area contributed by atoms with Gasteiger partial charge in [0.2, 0.25) is 0 Å². The van der Waals surface area contributed by atoms with Crippen LogP contribution in [0.15, 0.2) is 0 Å². The lowest BCUT2D eigenvalue weighted by atomic mass is 10.1. The Kier molecular flexibility index (Phi) is 4.83. The van der Waals surface area contributed by atoms with Crippen molar-refractivity contribution in [2.24, 2.45) is 0 Å². The summed E-state index contributed by atoms with van der Waals surface area (Å²) in [5.41, 5.74) is 2.37. The highest BCUT2D eigenvalue weighted by atomic mass is 16.5. The first kappa shape index (κ1) is 15.8. The fourth-order valence-corrected chi connectivity index (χ4v) is 3.22. The first-order valence-electron chi connectivity index (χ1n) is 7.46. The molecule has 1 N–H and O–H groups in total. The SMILES string of the molecule is COC(=O)c1c(C)[nH]c(C(=O)CN(C)C2CCCC2)c1C. The van der Waals surface area contributed by atoms with Crippen LogP contribution in [0.1, 0.15) is 57.8 Å². The van der Waals surface area contributed by atoms with E-state index in [-0.39, 0.29) is 5.78 Å². The molecule has 1 aromatic rings. The number of carbonyl (C=O) groups excluding carboxylic acids is 2. The van der Waals surface area contributed by atoms with Gasteiger partial charge in [0.25, 0.3) is 0 Å². The van der Waals surface area contributed by atoms with Crippen LogP contribution in [0.4, 0.5) is 0 Å². The molecule has 0 spiro atoms. The number of rotatable bonds is 5. The van der Waals surface area contributed by atoms with Crippen molar-refractivity contribution in [2.75, 3.05) is 20.7 Å². The highest BCUT2D eigenvalue weighted by Crippen LogP contribution is 2.23. The molecule has 0 amide bonds. The number of H-pyrrole nitrogens is 1. The van der Waals surface area contributed by atoms with Crippen molar-refractivity contribution in [1.29, 1.82) is 0 Å². The summed E-state index contributed by atoms with van der Waals surface area (Å²) < 4.78 is 4.77. The fraction of sp³-hybridized carbons (Fsp3) is 0.625. The number of aromatic nitrogens is 1. The van der Waals surface area contributed by atoms with E-state index in [2.05, 4.69) is 9.88 Å². The topological polar surface area (TPSA) is 62.4 Å². The van der Waals surface area contributed by atoms with Crippen molar-refractivity contribution in [2.45, 2.75) is 45.6 Å². The molecule has 1 aliphatic carbocycles. The van der Waals surface area contributed by atoms with Gasteiger partial charge in [-0.15, -0.1) is 0 Å². The third-order valence-corrected chi connectivity index (χ3v) is 4.45. The zero-order chi connectivity index (χ0) is 15.6. The number of ketones is 1. The number of hydrogen-bond donors (Lipinski definition) is 1. The van der Waals surface area contributed by atoms with Crippen LogP contribution in [-0.4, -0.2) is 48.4 Å². The van der Waals surface area contributed by atoms with E-state index >= 15 is 0 Å². The van der Waals surface area contributed by atoms with Crippen LogP contribution in [0.5, 0.6) is 0 Å². The van der Waals surface area contributed by atoms with Crippen molar-refractivity contribution in [3.63, 3.8) is 0 Å². The summed E-state index contributed by atoms with van der Waals surface area (Å²) in [4.78, 5) is 29.4. The summed E-state index contributed by atoms with van der Waals surface area (Å²) >= 11 is 0. The Morgan fingerprint density at radius 2 is 1.90 bits per heavy atom. The Bertz CT molecular complexity index is 542. The standard InChI is InChI=1S/C16H24N2O3/c1-10-14(16(20)21-4)11(2)17-15(10)13(19)9-18(3)12-7-5-6-8-12/h12,17H,5-9H2,1-4H3. The summed E-state index contributed by atoms with van der Waals surface area (Å²) in [5.74, 6) is -0.371. The highest BCUT2D eigenvalue weighted by Gasteiger charge is 2.25. The third-order valence-electron chi connectivity index (χ3n) is 4.45. The zero-order valence-corrected chi connectivity index (χ0v) is 13.3. The van der Waals surface area contributed by atoms with Crippen molar-refractivity contribution in [1.82, 2.24) is 9.88 Å². The molecule has 1 aromatic heterocycles. The van der Waals surface area contributed by atoms with E-state index in [0.717, 1.165) is 0 Å². The van der Waals surface area contributed by atoms with Gasteiger partial charge in [-0.2, -0.15) is 0 Å². The molecule has 1 aliphatic rings. The number of carbonyl (C=O) groups is 2. The second-order valence-corrected chi connectivity index (χ2v) is 5.89. The average Bonchev–Trinajstić information content (AvgIpc) is 3.06. The Morgan fingerprint density at radius 3 is 2.48 bits per heavy atom. The highest BCUT2D eigenvalue weighted by molar-refractivity contribution is 6.02. The monoisotopic (exact) mass is 292 g/mol. The molecule has 2 rings (SSSR count). The van der Waals surface area contributed by atoms with Crippen LogP contribution < -0.4 is 0 Å². The Morgan fingerprint density at radius 1 is 1.29 bits per heavy atom. The summed E-state index contributed by atoms with van der Waals surface area (Å²) in [5, 5.41) is 0. The number of aryl methyl sites for hydroxylation is 1. The predicted molar refractivity (Wildman–Crippen MR) is 80.8 cm³/mol. The molecule has 116 valence electrons. The first-order chi connectivity index (χ1) is 9.95. The van der Waals surface area contributed by atoms with Crippen LogP contribution in [-0.2, 0) is 4.74 Å². The molecule has 1 saturated carbocycles. The Hall–Kier alpha value is -1.62. The van der Waals surface area contributed by atoms with Crippen molar-refractivity contribution in [3.05, 3.63) is 22.5 Å². The maximum absolute atomic E-state index is 12.5. The molecule has 0 atom stereocenters. The fourth-order valence-electron chi connectivity index (χ4n) is 3.22. The van der Waals surface area contributed by atoms with Crippen molar-refractivity contribution in [3.8, 4) is 0 Å². The predicted octanol–water partition coefficient (Wildman–Crippen LogP) is 2.48. The van der Waals surface area contributed by atoms with E-state index < -0.39 is 5.97 Å². The van der Waals surface area contributed by atoms with Crippen molar-refractivity contribution < 1.29 is 14.3 Å². The van der Waals surface area contributed by atoms with Gasteiger partial charge in [0.1, 0.15) is 0 Å². The molecular formula is C16H24N2O3. The van der Waals surface area contributed by atoms with E-state index in [1.807, 2.05) is 7.05 Å². The van der Waals surface area contributed by atoms with E-state index in [1.165, 1.54) is 32.8 Å². The largest absolute Gasteiger partial charge is 0.465 e. The van der Waals surface area contributed by atoms with E-state index in [4.69, 9.17) is 4.74 Å². The molecule has 0 bridgehead atoms. The van der Waals surface area contributed by atoms with Crippen LogP contribution in [0.25, 0.3) is 0 Å². The van der Waals surface area contributed by atoms with Crippen LogP contribution in [0.3, 0.4) is 0 Å². The van der Waals surface area contributed by atoms with Crippen LogP contribution in [0.2, 0.25) is 0 Å². The molecule has 0 aromatic carbocycles. The minimum Gasteiger partial charge on any atom is -0.465 e. The lowest BCUT2D eigenvalue weighted by Crippen LogP contribution is -2.34. The first-order valence-corrected chi connectivity index (χ1v) is 7.46. The molecule has 5 heteroatoms. The number of methoxy groups -OCH3 is 1. The number of nitrogens with zero attached hydrogens (tertiary/aromatic N) is 1. The van der Waals surface area contributed by atoms with E-state index in [0.29, 0.717) is 35.1 Å². The number of Topliss-reactive ketones (excluding diaryl/α,β-unsaturated/α-hetero) is 1. The molecule has 0 unspecified atom stereocenters. The molecule has 5 nitrogen and oxygen atoms in total. The molecule has 0 saturated heterocycles. The minimum absolute atomic E-state index is 0.0279. The van der Waals surface area contributed by atoms with Gasteiger partial charge in [0.15, 0.2) is 5.78 Å². The second-order valence-electron chi connectivity index (χ2n) is 5.89. The Labute approximate surface area is 125 Å². The number of ether oxygens (including phenoxy) is 1. The van der Waals surface area contributed by atoms with Crippen LogP contribution in [0, 0.1) is 13.8 Å². The summed E-state index contributed by atoms with van der Waals surface area (Å²) in [6.45, 7) is 3.96. The number of aromatic amines is 1. The number of hydrogen-bond acceptors (Lipinski definition) is 4. The lowest BCUT2D eigenvalue weighted by Gasteiger charge is -2.22. The molecule has 0 aliphatic heterocycles. The van der Waals surface area contributed by atoms with Gasteiger partial charge in [-0.1, -0.05) is 12.8 Å². The quantitative estimate of drug-likeness (QED) is 0.669. The summed E-state index contributed by atoms with van der Waals surface area (Å²) in [6, 6.07) is 0.505. The normalized spacial score (nSPS) is 15.7. The molecular weight excluding hydrogens is 268 g/mol. The van der Waals surface area contributed by atoms with Gasteiger partial charge in [0, 0.05) is 11.7 Å². The molecule has 1 fully saturated rings. The summed E-state index contributed by atoms with van der Waals surface area (Å²) in [6.07, 6.45) is 4.83. The smallest absolute Gasteiger partial charge is 0.339 e. The summed E-state index contributed by atoms with van der Waals surface area (Å²) in [7, 11) is 3.35. The zero-order valence-electron chi connectivity index (χ0n) is 13.3. The van der Waals surface area contributed by atoms with Crippen molar-refractivity contribution >= 4 is 11.8 Å². The number of esters is 1. The van der Waals surface area contributed by atoms with Gasteiger partial charge in [-0.05, 0) is 39.3 Å². The average molecular weight is 292 g/mol. The van der Waals surface area contributed by atoms with Gasteiger partial charge >= 0.3 is 5.97 Å². The Balaban J connectivity index is 2.14. The number of nitrogens with one attached hydrogen (secondary N) is 1. The number of likely N-dealkylation sites (N-methyl/N-ethyl adjacent to an activating group) is 1. The maximum Gasteiger partial charge on any atom is 0.339 e. The van der Waals surface area contributed by atoms with E-state index in [1.54, 1.807) is 13.8 Å². The lowest BCUT2D eigenvalue weighted by molar-refractivity contribution is 0.0599. The van der Waals surface area contributed by atoms with Gasteiger partial charge < -0.3 is 9.72 Å².